The van der Waals surface area contributed by atoms with Gasteiger partial charge in [-0.15, -0.1) is 0 Å². The lowest BCUT2D eigenvalue weighted by atomic mass is 10.1. The normalized spacial score (nSPS) is 8.45. The molecule has 0 amide bonds. The molecule has 0 aliphatic rings. The first kappa shape index (κ1) is 10.7. The van der Waals surface area contributed by atoms with E-state index in [1.165, 1.54) is 5.56 Å². The Morgan fingerprint density at radius 1 is 1.36 bits per heavy atom. The summed E-state index contributed by atoms with van der Waals surface area (Å²) in [6.45, 7) is 9.14. The van der Waals surface area contributed by atoms with E-state index in [9.17, 15) is 0 Å². The SMILES string of the molecule is [CH]=CCc1ccccc1[CH2].[MgH2]. The Bertz CT molecular complexity index is 228. The maximum atomic E-state index is 5.28. The highest BCUT2D eigenvalue weighted by molar-refractivity contribution is 5.75. The van der Waals surface area contributed by atoms with Crippen molar-refractivity contribution in [3.63, 3.8) is 0 Å². The van der Waals surface area contributed by atoms with Crippen LogP contribution in [0.2, 0.25) is 0 Å². The second-order valence-corrected chi connectivity index (χ2v) is 2.21. The highest BCUT2D eigenvalue weighted by atomic mass is 24.3. The monoisotopic (exact) mass is 156 g/mol. The Kier molecular flexibility index (Phi) is 5.25. The molecule has 0 aliphatic heterocycles. The number of hydrogen-bond donors (Lipinski definition) is 0. The molecule has 0 atom stereocenters. The number of benzene rings is 1. The molecule has 1 heteroatoms. The lowest BCUT2D eigenvalue weighted by Crippen LogP contribution is -1.83. The van der Waals surface area contributed by atoms with Crippen LogP contribution < -0.4 is 0 Å². The highest BCUT2D eigenvalue weighted by Gasteiger charge is 1.91. The molecule has 0 N–H and O–H groups in total. The molecule has 11 heavy (non-hydrogen) atoms. The predicted octanol–water partition coefficient (Wildman–Crippen LogP) is 1.48. The van der Waals surface area contributed by atoms with Crippen molar-refractivity contribution in [2.45, 2.75) is 6.42 Å². The molecular formula is C10H12Mg. The summed E-state index contributed by atoms with van der Waals surface area (Å²) < 4.78 is 0. The van der Waals surface area contributed by atoms with Crippen LogP contribution >= 0.6 is 0 Å². The lowest BCUT2D eigenvalue weighted by molar-refractivity contribution is 1.25. The zero-order valence-corrected chi connectivity index (χ0v) is 5.88. The highest BCUT2D eigenvalue weighted by Crippen LogP contribution is 2.06. The van der Waals surface area contributed by atoms with Crippen molar-refractivity contribution in [3.05, 3.63) is 55.0 Å². The third kappa shape index (κ3) is 3.08. The van der Waals surface area contributed by atoms with Crippen molar-refractivity contribution in [2.75, 3.05) is 0 Å². The maximum Gasteiger partial charge on any atom is 0.316 e. The fourth-order valence-electron chi connectivity index (χ4n) is 0.884. The van der Waals surface area contributed by atoms with Gasteiger partial charge in [-0.3, -0.25) is 0 Å². The van der Waals surface area contributed by atoms with Crippen molar-refractivity contribution >= 4 is 23.1 Å². The summed E-state index contributed by atoms with van der Waals surface area (Å²) in [6, 6.07) is 7.99. The fraction of sp³-hybridized carbons (Fsp3) is 0.100. The molecule has 1 rings (SSSR count). The van der Waals surface area contributed by atoms with E-state index in [1.807, 2.05) is 24.3 Å². The van der Waals surface area contributed by atoms with Crippen LogP contribution in [0.15, 0.2) is 30.3 Å². The Hall–Kier alpha value is -0.274. The van der Waals surface area contributed by atoms with Crippen LogP contribution in [0.3, 0.4) is 0 Å². The van der Waals surface area contributed by atoms with E-state index in [0.717, 1.165) is 12.0 Å². The van der Waals surface area contributed by atoms with E-state index in [-0.39, 0.29) is 23.1 Å². The van der Waals surface area contributed by atoms with Gasteiger partial charge in [0.1, 0.15) is 0 Å². The smallest absolute Gasteiger partial charge is 0.0801 e. The van der Waals surface area contributed by atoms with E-state index in [2.05, 4.69) is 6.92 Å². The molecule has 0 heterocycles. The molecule has 0 spiro atoms. The molecule has 54 valence electrons. The van der Waals surface area contributed by atoms with Crippen molar-refractivity contribution in [3.8, 4) is 0 Å². The Morgan fingerprint density at radius 2 is 2.00 bits per heavy atom. The van der Waals surface area contributed by atoms with Crippen LogP contribution in [-0.4, -0.2) is 23.1 Å². The van der Waals surface area contributed by atoms with Gasteiger partial charge in [-0.1, -0.05) is 36.9 Å². The summed E-state index contributed by atoms with van der Waals surface area (Å²) >= 11 is 0. The molecule has 0 unspecified atom stereocenters. The molecule has 1 aromatic rings. The Balaban J connectivity index is 0.000001000. The second kappa shape index (κ2) is 5.39. The standard InChI is InChI=1S/C10H10.Mg.2H/c1-3-6-10-8-5-4-7-9(10)2;;;/h1,3-5,7-8H,2,6H2;;;. The predicted molar refractivity (Wildman–Crippen MR) is 52.0 cm³/mol. The van der Waals surface area contributed by atoms with Crippen molar-refractivity contribution < 1.29 is 0 Å². The quantitative estimate of drug-likeness (QED) is 0.569. The maximum absolute atomic E-state index is 5.28. The van der Waals surface area contributed by atoms with Crippen LogP contribution in [0.25, 0.3) is 0 Å². The van der Waals surface area contributed by atoms with Crippen molar-refractivity contribution in [1.82, 2.24) is 0 Å². The first-order valence-corrected chi connectivity index (χ1v) is 3.28. The third-order valence-electron chi connectivity index (χ3n) is 1.46. The van der Waals surface area contributed by atoms with Gasteiger partial charge in [-0.25, -0.2) is 0 Å². The molecule has 1 aromatic carbocycles. The van der Waals surface area contributed by atoms with Crippen LogP contribution in [-0.2, 0) is 6.42 Å². The summed E-state index contributed by atoms with van der Waals surface area (Å²) in [4.78, 5) is 0. The molecule has 0 saturated carbocycles. The largest absolute Gasteiger partial charge is 0.316 e. The molecule has 0 aromatic heterocycles. The number of rotatable bonds is 2. The first-order chi connectivity index (χ1) is 4.84. The third-order valence-corrected chi connectivity index (χ3v) is 1.46. The average molecular weight is 157 g/mol. The molecule has 0 bridgehead atoms. The van der Waals surface area contributed by atoms with Gasteiger partial charge in [0, 0.05) is 0 Å². The molecule has 2 radical (unpaired) electrons. The molecule has 0 saturated heterocycles. The van der Waals surface area contributed by atoms with E-state index in [1.54, 1.807) is 6.08 Å². The van der Waals surface area contributed by atoms with Gasteiger partial charge >= 0.3 is 23.1 Å². The summed E-state index contributed by atoms with van der Waals surface area (Å²) in [5, 5.41) is 0. The topological polar surface area (TPSA) is 0 Å². The van der Waals surface area contributed by atoms with Crippen LogP contribution in [0.1, 0.15) is 11.1 Å². The average Bonchev–Trinajstić information content (AvgIpc) is 1.94. The Labute approximate surface area is 84.5 Å². The molecular weight excluding hydrogens is 144 g/mol. The van der Waals surface area contributed by atoms with E-state index >= 15 is 0 Å². The first-order valence-electron chi connectivity index (χ1n) is 3.28. The van der Waals surface area contributed by atoms with Gasteiger partial charge in [-0.05, 0) is 24.5 Å². The molecule has 0 fully saturated rings. The second-order valence-electron chi connectivity index (χ2n) is 2.21. The number of hydrogen-bond acceptors (Lipinski definition) is 0. The summed E-state index contributed by atoms with van der Waals surface area (Å²) in [5.41, 5.74) is 2.26. The van der Waals surface area contributed by atoms with E-state index in [4.69, 9.17) is 6.58 Å². The van der Waals surface area contributed by atoms with Gasteiger partial charge in [0.2, 0.25) is 0 Å². The summed E-state index contributed by atoms with van der Waals surface area (Å²) in [5.74, 6) is 0. The minimum absolute atomic E-state index is 0. The lowest BCUT2D eigenvalue weighted by Gasteiger charge is -1.99. The van der Waals surface area contributed by atoms with E-state index in [0.29, 0.717) is 0 Å². The zero-order valence-electron chi connectivity index (χ0n) is 5.88. The van der Waals surface area contributed by atoms with Crippen LogP contribution in [0.5, 0.6) is 0 Å². The number of allylic oxidation sites excluding steroid dienone is 1. The van der Waals surface area contributed by atoms with Crippen LogP contribution in [0, 0.1) is 13.5 Å². The summed E-state index contributed by atoms with van der Waals surface area (Å²) in [6.07, 6.45) is 2.45. The van der Waals surface area contributed by atoms with Crippen molar-refractivity contribution in [1.29, 1.82) is 0 Å². The van der Waals surface area contributed by atoms with Gasteiger partial charge in [0.25, 0.3) is 0 Å². The molecule has 0 aliphatic carbocycles. The van der Waals surface area contributed by atoms with Gasteiger partial charge in [0.05, 0.1) is 0 Å². The minimum Gasteiger partial charge on any atom is -0.0801 e. The fourth-order valence-corrected chi connectivity index (χ4v) is 0.884. The zero-order chi connectivity index (χ0) is 7.40. The van der Waals surface area contributed by atoms with Gasteiger partial charge in [0.15, 0.2) is 0 Å². The minimum atomic E-state index is 0. The van der Waals surface area contributed by atoms with Crippen LogP contribution in [0.4, 0.5) is 0 Å². The van der Waals surface area contributed by atoms with Gasteiger partial charge in [-0.2, -0.15) is 0 Å². The van der Waals surface area contributed by atoms with E-state index < -0.39 is 0 Å². The summed E-state index contributed by atoms with van der Waals surface area (Å²) in [7, 11) is 0. The Morgan fingerprint density at radius 3 is 2.55 bits per heavy atom. The van der Waals surface area contributed by atoms with Crippen molar-refractivity contribution in [2.24, 2.45) is 0 Å². The van der Waals surface area contributed by atoms with Gasteiger partial charge < -0.3 is 0 Å². The molecule has 0 nitrogen and oxygen atoms in total.